The van der Waals surface area contributed by atoms with Crippen LogP contribution in [0.1, 0.15) is 45.9 Å². The molecule has 17 heavy (non-hydrogen) atoms. The van der Waals surface area contributed by atoms with Crippen LogP contribution in [0, 0.1) is 11.8 Å². The first-order chi connectivity index (χ1) is 8.20. The molecule has 1 aliphatic rings. The van der Waals surface area contributed by atoms with Gasteiger partial charge in [0, 0.05) is 12.6 Å². The summed E-state index contributed by atoms with van der Waals surface area (Å²) in [6.07, 6.45) is 5.58. The van der Waals surface area contributed by atoms with Crippen LogP contribution in [0.5, 0.6) is 0 Å². The van der Waals surface area contributed by atoms with Gasteiger partial charge in [0.25, 0.3) is 0 Å². The SMILES string of the molecule is CCn1ncnc1CNC1CCC(C)C(C)C1. The summed E-state index contributed by atoms with van der Waals surface area (Å²) in [5.41, 5.74) is 0. The molecule has 4 nitrogen and oxygen atoms in total. The Morgan fingerprint density at radius 1 is 1.35 bits per heavy atom. The number of aromatic nitrogens is 3. The first-order valence-corrected chi connectivity index (χ1v) is 6.80. The fraction of sp³-hybridized carbons (Fsp3) is 0.846. The monoisotopic (exact) mass is 236 g/mol. The maximum Gasteiger partial charge on any atom is 0.140 e. The first kappa shape index (κ1) is 12.6. The lowest BCUT2D eigenvalue weighted by atomic mass is 9.79. The molecule has 0 aromatic carbocycles. The lowest BCUT2D eigenvalue weighted by molar-refractivity contribution is 0.224. The summed E-state index contributed by atoms with van der Waals surface area (Å²) in [5.74, 6) is 2.77. The predicted molar refractivity (Wildman–Crippen MR) is 68.5 cm³/mol. The van der Waals surface area contributed by atoms with Gasteiger partial charge < -0.3 is 5.32 Å². The topological polar surface area (TPSA) is 42.7 Å². The van der Waals surface area contributed by atoms with Crippen molar-refractivity contribution in [3.8, 4) is 0 Å². The van der Waals surface area contributed by atoms with Crippen molar-refractivity contribution in [1.29, 1.82) is 0 Å². The summed E-state index contributed by atoms with van der Waals surface area (Å²) >= 11 is 0. The lowest BCUT2D eigenvalue weighted by Crippen LogP contribution is -2.36. The Balaban J connectivity index is 1.82. The normalized spacial score (nSPS) is 29.5. The maximum absolute atomic E-state index is 4.29. The second-order valence-corrected chi connectivity index (χ2v) is 5.34. The first-order valence-electron chi connectivity index (χ1n) is 6.80. The third kappa shape index (κ3) is 3.06. The Labute approximate surface area is 104 Å². The van der Waals surface area contributed by atoms with Crippen molar-refractivity contribution in [1.82, 2.24) is 20.1 Å². The van der Waals surface area contributed by atoms with E-state index in [-0.39, 0.29) is 0 Å². The van der Waals surface area contributed by atoms with E-state index in [4.69, 9.17) is 0 Å². The van der Waals surface area contributed by atoms with Crippen LogP contribution in [0.3, 0.4) is 0 Å². The van der Waals surface area contributed by atoms with Gasteiger partial charge in [0.15, 0.2) is 0 Å². The van der Waals surface area contributed by atoms with E-state index < -0.39 is 0 Å². The zero-order chi connectivity index (χ0) is 12.3. The molecule has 0 aliphatic heterocycles. The lowest BCUT2D eigenvalue weighted by Gasteiger charge is -2.32. The van der Waals surface area contributed by atoms with E-state index in [1.54, 1.807) is 6.33 Å². The van der Waals surface area contributed by atoms with E-state index in [9.17, 15) is 0 Å². The number of rotatable bonds is 4. The minimum Gasteiger partial charge on any atom is -0.307 e. The molecule has 1 fully saturated rings. The van der Waals surface area contributed by atoms with Gasteiger partial charge in [0.2, 0.25) is 0 Å². The largest absolute Gasteiger partial charge is 0.307 e. The molecule has 1 aliphatic carbocycles. The summed E-state index contributed by atoms with van der Waals surface area (Å²) in [4.78, 5) is 4.29. The van der Waals surface area contributed by atoms with Gasteiger partial charge in [-0.3, -0.25) is 0 Å². The molecule has 0 spiro atoms. The van der Waals surface area contributed by atoms with Crippen LogP contribution >= 0.6 is 0 Å². The Hall–Kier alpha value is -0.900. The number of hydrogen-bond acceptors (Lipinski definition) is 3. The molecule has 1 aromatic heterocycles. The van der Waals surface area contributed by atoms with Gasteiger partial charge in [-0.25, -0.2) is 9.67 Å². The van der Waals surface area contributed by atoms with E-state index in [0.29, 0.717) is 6.04 Å². The molecule has 3 unspecified atom stereocenters. The van der Waals surface area contributed by atoms with Crippen LogP contribution in [0.4, 0.5) is 0 Å². The van der Waals surface area contributed by atoms with Gasteiger partial charge in [-0.05, 0) is 38.0 Å². The van der Waals surface area contributed by atoms with Crippen molar-refractivity contribution in [2.45, 2.75) is 59.2 Å². The highest BCUT2D eigenvalue weighted by Crippen LogP contribution is 2.29. The molecule has 3 atom stereocenters. The third-order valence-electron chi connectivity index (χ3n) is 4.14. The molecule has 1 aromatic rings. The molecular formula is C13H24N4. The van der Waals surface area contributed by atoms with E-state index in [0.717, 1.165) is 30.7 Å². The minimum atomic E-state index is 0.656. The van der Waals surface area contributed by atoms with Crippen LogP contribution in [-0.2, 0) is 13.1 Å². The molecule has 0 bridgehead atoms. The Morgan fingerprint density at radius 3 is 2.88 bits per heavy atom. The van der Waals surface area contributed by atoms with Crippen molar-refractivity contribution >= 4 is 0 Å². The van der Waals surface area contributed by atoms with Crippen LogP contribution in [-0.4, -0.2) is 20.8 Å². The fourth-order valence-electron chi connectivity index (χ4n) is 2.66. The van der Waals surface area contributed by atoms with E-state index in [2.05, 4.69) is 36.2 Å². The zero-order valence-electron chi connectivity index (χ0n) is 11.2. The van der Waals surface area contributed by atoms with Gasteiger partial charge in [-0.15, -0.1) is 0 Å². The average molecular weight is 236 g/mol. The average Bonchev–Trinajstić information content (AvgIpc) is 2.78. The molecule has 0 amide bonds. The van der Waals surface area contributed by atoms with E-state index in [1.807, 2.05) is 4.68 Å². The molecule has 1 heterocycles. The number of hydrogen-bond donors (Lipinski definition) is 1. The minimum absolute atomic E-state index is 0.656. The summed E-state index contributed by atoms with van der Waals surface area (Å²) in [6.45, 7) is 8.58. The number of nitrogens with one attached hydrogen (secondary N) is 1. The molecule has 1 N–H and O–H groups in total. The van der Waals surface area contributed by atoms with Crippen molar-refractivity contribution < 1.29 is 0 Å². The van der Waals surface area contributed by atoms with Gasteiger partial charge in [-0.1, -0.05) is 13.8 Å². The van der Waals surface area contributed by atoms with Gasteiger partial charge in [0.05, 0.1) is 6.54 Å². The van der Waals surface area contributed by atoms with Crippen molar-refractivity contribution in [2.75, 3.05) is 0 Å². The zero-order valence-corrected chi connectivity index (χ0v) is 11.2. The quantitative estimate of drug-likeness (QED) is 0.871. The van der Waals surface area contributed by atoms with Gasteiger partial charge in [-0.2, -0.15) is 5.10 Å². The molecule has 4 heteroatoms. The van der Waals surface area contributed by atoms with Crippen LogP contribution in [0.25, 0.3) is 0 Å². The second-order valence-electron chi connectivity index (χ2n) is 5.34. The highest BCUT2D eigenvalue weighted by Gasteiger charge is 2.24. The molecule has 96 valence electrons. The van der Waals surface area contributed by atoms with E-state index in [1.165, 1.54) is 19.3 Å². The highest BCUT2D eigenvalue weighted by molar-refractivity contribution is 4.86. The van der Waals surface area contributed by atoms with Crippen molar-refractivity contribution in [3.63, 3.8) is 0 Å². The molecule has 1 saturated carbocycles. The summed E-state index contributed by atoms with van der Waals surface area (Å²) in [7, 11) is 0. The smallest absolute Gasteiger partial charge is 0.140 e. The molecular weight excluding hydrogens is 212 g/mol. The standard InChI is InChI=1S/C13H24N4/c1-4-17-13(15-9-16-17)8-14-12-6-5-10(2)11(3)7-12/h9-12,14H,4-8H2,1-3H3. The summed E-state index contributed by atoms with van der Waals surface area (Å²) in [5, 5.41) is 7.82. The van der Waals surface area contributed by atoms with Crippen LogP contribution in [0.2, 0.25) is 0 Å². The summed E-state index contributed by atoms with van der Waals surface area (Å²) < 4.78 is 1.96. The number of aryl methyl sites for hydroxylation is 1. The molecule has 0 radical (unpaired) electrons. The van der Waals surface area contributed by atoms with Gasteiger partial charge >= 0.3 is 0 Å². The maximum atomic E-state index is 4.29. The predicted octanol–water partition coefficient (Wildman–Crippen LogP) is 2.21. The Morgan fingerprint density at radius 2 is 2.18 bits per heavy atom. The Bertz CT molecular complexity index is 347. The van der Waals surface area contributed by atoms with Crippen molar-refractivity contribution in [2.24, 2.45) is 11.8 Å². The molecule has 2 rings (SSSR count). The van der Waals surface area contributed by atoms with E-state index >= 15 is 0 Å². The third-order valence-corrected chi connectivity index (χ3v) is 4.14. The second kappa shape index (κ2) is 5.63. The van der Waals surface area contributed by atoms with Gasteiger partial charge in [0.1, 0.15) is 12.2 Å². The van der Waals surface area contributed by atoms with Crippen LogP contribution in [0.15, 0.2) is 6.33 Å². The Kier molecular flexibility index (Phi) is 4.15. The highest BCUT2D eigenvalue weighted by atomic mass is 15.3. The number of nitrogens with zero attached hydrogens (tertiary/aromatic N) is 3. The fourth-order valence-corrected chi connectivity index (χ4v) is 2.66. The summed E-state index contributed by atoms with van der Waals surface area (Å²) in [6, 6.07) is 0.656. The molecule has 0 saturated heterocycles. The van der Waals surface area contributed by atoms with Crippen LogP contribution < -0.4 is 5.32 Å². The van der Waals surface area contributed by atoms with Crippen molar-refractivity contribution in [3.05, 3.63) is 12.2 Å².